The molecule has 0 aliphatic heterocycles. The van der Waals surface area contributed by atoms with Crippen molar-refractivity contribution in [2.24, 2.45) is 0 Å². The van der Waals surface area contributed by atoms with Crippen LogP contribution < -0.4 is 0 Å². The van der Waals surface area contributed by atoms with Gasteiger partial charge < -0.3 is 4.98 Å². The summed E-state index contributed by atoms with van der Waals surface area (Å²) in [5.74, 6) is 0. The Balaban J connectivity index is 0.000000212. The topological polar surface area (TPSA) is 15.8 Å². The second kappa shape index (κ2) is 20.0. The minimum absolute atomic E-state index is 1.07. The largest absolute Gasteiger partial charge is 0.358 e. The first kappa shape index (κ1) is 35.5. The zero-order valence-corrected chi connectivity index (χ0v) is 29.6. The van der Waals surface area contributed by atoms with Crippen molar-refractivity contribution in [2.45, 2.75) is 137 Å². The number of hydrogen-bond donors (Lipinski definition) is 1. The summed E-state index contributed by atoms with van der Waals surface area (Å²) in [6.45, 7) is 9.07. The molecule has 0 saturated carbocycles. The second-order valence-corrected chi connectivity index (χ2v) is 13.3. The lowest BCUT2D eigenvalue weighted by Crippen LogP contribution is -1.94. The summed E-state index contributed by atoms with van der Waals surface area (Å²) in [6, 6.07) is 22.3. The summed E-state index contributed by atoms with van der Waals surface area (Å²) < 4.78 is 0. The van der Waals surface area contributed by atoms with Gasteiger partial charge in [0, 0.05) is 16.6 Å². The number of unbranched alkanes of at least 4 members (excludes halogenated alkanes) is 10. The first-order valence-electron chi connectivity index (χ1n) is 18.9. The number of benzene rings is 3. The number of aryl methyl sites for hydroxylation is 2. The lowest BCUT2D eigenvalue weighted by Gasteiger charge is -2.10. The van der Waals surface area contributed by atoms with E-state index in [0.717, 1.165) is 6.42 Å². The van der Waals surface area contributed by atoms with Gasteiger partial charge in [-0.25, -0.2) is 0 Å². The maximum atomic E-state index is 3.68. The van der Waals surface area contributed by atoms with Gasteiger partial charge in [0.05, 0.1) is 0 Å². The Morgan fingerprint density at radius 3 is 1.98 bits per heavy atom. The zero-order chi connectivity index (χ0) is 32.4. The van der Waals surface area contributed by atoms with Crippen LogP contribution in [0.25, 0.3) is 34.2 Å². The molecule has 0 radical (unpaired) electrons. The number of fused-ring (bicyclic) bond motifs is 4. The fourth-order valence-corrected chi connectivity index (χ4v) is 6.86. The molecule has 0 amide bonds. The highest BCUT2D eigenvalue weighted by Gasteiger charge is 2.21. The molecule has 246 valence electrons. The van der Waals surface area contributed by atoms with Gasteiger partial charge in [0.2, 0.25) is 0 Å². The third-order valence-electron chi connectivity index (χ3n) is 9.56. The van der Waals surface area contributed by atoms with Gasteiger partial charge in [-0.05, 0) is 90.0 Å². The molecule has 0 unspecified atom stereocenters. The Bertz CT molecular complexity index is 1510. The molecule has 46 heavy (non-hydrogen) atoms. The van der Waals surface area contributed by atoms with Crippen LogP contribution in [0.2, 0.25) is 0 Å². The molecule has 1 aliphatic rings. The van der Waals surface area contributed by atoms with Gasteiger partial charge in [-0.2, -0.15) is 0 Å². The van der Waals surface area contributed by atoms with Gasteiger partial charge >= 0.3 is 0 Å². The van der Waals surface area contributed by atoms with E-state index in [1.54, 1.807) is 5.56 Å². The second-order valence-electron chi connectivity index (χ2n) is 13.3. The van der Waals surface area contributed by atoms with Crippen molar-refractivity contribution in [1.82, 2.24) is 4.98 Å². The third kappa shape index (κ3) is 10.1. The average Bonchev–Trinajstić information content (AvgIpc) is 3.64. The molecule has 0 saturated heterocycles. The van der Waals surface area contributed by atoms with Crippen LogP contribution in [0.3, 0.4) is 0 Å². The van der Waals surface area contributed by atoms with E-state index in [-0.39, 0.29) is 0 Å². The summed E-state index contributed by atoms with van der Waals surface area (Å²) in [5.41, 5.74) is 13.0. The van der Waals surface area contributed by atoms with Crippen LogP contribution in [0.15, 0.2) is 72.8 Å². The Hall–Kier alpha value is -3.32. The number of nitrogens with one attached hydrogen (secondary N) is 1. The Morgan fingerprint density at radius 1 is 0.587 bits per heavy atom. The van der Waals surface area contributed by atoms with Crippen LogP contribution in [0.1, 0.15) is 151 Å². The molecule has 4 aromatic rings. The van der Waals surface area contributed by atoms with Crippen molar-refractivity contribution in [3.8, 4) is 11.1 Å². The van der Waals surface area contributed by atoms with Crippen molar-refractivity contribution < 1.29 is 0 Å². The molecule has 1 nitrogen and oxygen atoms in total. The van der Waals surface area contributed by atoms with Gasteiger partial charge in [-0.1, -0.05) is 171 Å². The average molecular weight is 616 g/mol. The van der Waals surface area contributed by atoms with E-state index >= 15 is 0 Å². The molecule has 1 aromatic heterocycles. The summed E-state index contributed by atoms with van der Waals surface area (Å²) in [7, 11) is 0. The molecule has 0 fully saturated rings. The lowest BCUT2D eigenvalue weighted by atomic mass is 9.95. The molecule has 1 aliphatic carbocycles. The Kier molecular flexibility index (Phi) is 15.5. The standard InChI is InChI=1S/C25H30.C20H31N/c1-3-5-7-9-13-20-17-18-24-23-16-12-11-14-21(23)19-25(24)22(20)15-10-8-6-4-2;1-3-5-7-9-13-17-18-14-11-12-16-20(18)21-19(17)15-10-8-6-4-2/h9-18H,3-8,19H2,1-2H3;11-12,14,16,21H,3-10,13,15H2,1-2H3. The van der Waals surface area contributed by atoms with Gasteiger partial charge in [-0.3, -0.25) is 0 Å². The Morgan fingerprint density at radius 2 is 1.24 bits per heavy atom. The normalized spacial score (nSPS) is 12.2. The molecule has 5 rings (SSSR count). The van der Waals surface area contributed by atoms with E-state index in [9.17, 15) is 0 Å². The fraction of sp³-hybridized carbons (Fsp3) is 0.467. The van der Waals surface area contributed by atoms with Crippen molar-refractivity contribution in [3.63, 3.8) is 0 Å². The van der Waals surface area contributed by atoms with E-state index in [1.807, 2.05) is 0 Å². The highest BCUT2D eigenvalue weighted by molar-refractivity contribution is 5.85. The number of H-pyrrole nitrogens is 1. The van der Waals surface area contributed by atoms with Gasteiger partial charge in [0.1, 0.15) is 0 Å². The van der Waals surface area contributed by atoms with Crippen molar-refractivity contribution in [3.05, 3.63) is 106 Å². The summed E-state index contributed by atoms with van der Waals surface area (Å²) in [4.78, 5) is 3.68. The van der Waals surface area contributed by atoms with Crippen molar-refractivity contribution in [2.75, 3.05) is 0 Å². The Labute approximate surface area is 281 Å². The van der Waals surface area contributed by atoms with E-state index in [1.165, 1.54) is 153 Å². The number of para-hydroxylation sites is 1. The van der Waals surface area contributed by atoms with E-state index in [4.69, 9.17) is 0 Å². The number of rotatable bonds is 18. The minimum Gasteiger partial charge on any atom is -0.358 e. The third-order valence-corrected chi connectivity index (χ3v) is 9.56. The summed E-state index contributed by atoms with van der Waals surface area (Å²) >= 11 is 0. The highest BCUT2D eigenvalue weighted by atomic mass is 14.7. The first-order valence-corrected chi connectivity index (χ1v) is 18.9. The monoisotopic (exact) mass is 615 g/mol. The van der Waals surface area contributed by atoms with Gasteiger partial charge in [-0.15, -0.1) is 0 Å². The molecule has 0 atom stereocenters. The SMILES string of the molecule is CCCCC=Cc1ccc2c(c1C=CCCCC)Cc1ccccc1-2.CCCCCCc1[nH]c2ccccc2c1CCCCCC. The molecule has 3 aromatic carbocycles. The number of allylic oxidation sites excluding steroid dienone is 2. The molecule has 0 spiro atoms. The summed E-state index contributed by atoms with van der Waals surface area (Å²) in [6.07, 6.45) is 31.1. The number of aromatic amines is 1. The molecular weight excluding hydrogens is 555 g/mol. The van der Waals surface area contributed by atoms with Crippen molar-refractivity contribution >= 4 is 23.1 Å². The van der Waals surface area contributed by atoms with Crippen LogP contribution in [-0.2, 0) is 19.3 Å². The van der Waals surface area contributed by atoms with Crippen LogP contribution in [-0.4, -0.2) is 4.98 Å². The quantitative estimate of drug-likeness (QED) is 0.0944. The maximum Gasteiger partial charge on any atom is 0.0458 e. The smallest absolute Gasteiger partial charge is 0.0458 e. The minimum atomic E-state index is 1.07. The molecule has 0 bridgehead atoms. The van der Waals surface area contributed by atoms with Crippen LogP contribution in [0.5, 0.6) is 0 Å². The van der Waals surface area contributed by atoms with Crippen LogP contribution >= 0.6 is 0 Å². The van der Waals surface area contributed by atoms with Crippen molar-refractivity contribution in [1.29, 1.82) is 0 Å². The van der Waals surface area contributed by atoms with Crippen LogP contribution in [0.4, 0.5) is 0 Å². The van der Waals surface area contributed by atoms with E-state index in [0.29, 0.717) is 0 Å². The number of aromatic nitrogens is 1. The van der Waals surface area contributed by atoms with Crippen LogP contribution in [0, 0.1) is 0 Å². The van der Waals surface area contributed by atoms with Gasteiger partial charge in [0.25, 0.3) is 0 Å². The predicted molar refractivity (Wildman–Crippen MR) is 206 cm³/mol. The van der Waals surface area contributed by atoms with E-state index < -0.39 is 0 Å². The first-order chi connectivity index (χ1) is 22.7. The lowest BCUT2D eigenvalue weighted by molar-refractivity contribution is 0.648. The fourth-order valence-electron chi connectivity index (χ4n) is 6.86. The molecule has 1 heteroatoms. The summed E-state index contributed by atoms with van der Waals surface area (Å²) in [5, 5.41) is 1.46. The maximum absolute atomic E-state index is 3.68. The molecule has 1 heterocycles. The molecule has 1 N–H and O–H groups in total. The molecular formula is C45H61N. The zero-order valence-electron chi connectivity index (χ0n) is 29.6. The highest BCUT2D eigenvalue weighted by Crippen LogP contribution is 2.40. The predicted octanol–water partition coefficient (Wildman–Crippen LogP) is 14.1. The number of hydrogen-bond acceptors (Lipinski definition) is 0. The van der Waals surface area contributed by atoms with Gasteiger partial charge in [0.15, 0.2) is 0 Å². The van der Waals surface area contributed by atoms with E-state index in [2.05, 4.69) is 118 Å².